The number of amides is 3. The molecule has 1 aromatic heterocycles. The van der Waals surface area contributed by atoms with Crippen LogP contribution in [0, 0.1) is 0 Å². The number of carbonyl (C=O) groups excluding carboxylic acids is 2. The highest BCUT2D eigenvalue weighted by atomic mass is 32.2. The Morgan fingerprint density at radius 2 is 1.83 bits per heavy atom. The summed E-state index contributed by atoms with van der Waals surface area (Å²) >= 11 is 1.15. The van der Waals surface area contributed by atoms with Crippen molar-refractivity contribution in [3.05, 3.63) is 24.8 Å². The normalized spacial score (nSPS) is 10.2. The zero-order valence-corrected chi connectivity index (χ0v) is 17.5. The quantitative estimate of drug-likeness (QED) is 0.464. The summed E-state index contributed by atoms with van der Waals surface area (Å²) in [5.41, 5.74) is 0.690. The second-order valence-electron chi connectivity index (χ2n) is 5.54. The molecule has 11 heteroatoms. The highest BCUT2D eigenvalue weighted by Crippen LogP contribution is 2.41. The molecule has 2 N–H and O–H groups in total. The van der Waals surface area contributed by atoms with Crippen LogP contribution in [0.25, 0.3) is 11.4 Å². The Balaban J connectivity index is 2.36. The van der Waals surface area contributed by atoms with Crippen LogP contribution in [0.3, 0.4) is 0 Å². The number of carbonyl (C=O) groups is 2. The average Bonchev–Trinajstić information content (AvgIpc) is 3.13. The summed E-state index contributed by atoms with van der Waals surface area (Å²) in [6.45, 7) is 4.18. The third kappa shape index (κ3) is 5.19. The molecule has 0 saturated heterocycles. The summed E-state index contributed by atoms with van der Waals surface area (Å²) in [7, 11) is 6.02. The van der Waals surface area contributed by atoms with Gasteiger partial charge in [0.2, 0.25) is 11.7 Å². The van der Waals surface area contributed by atoms with E-state index in [1.807, 2.05) is 0 Å². The van der Waals surface area contributed by atoms with Crippen molar-refractivity contribution in [2.24, 2.45) is 0 Å². The molecule has 0 unspecified atom stereocenters. The Bertz CT molecular complexity index is 874. The van der Waals surface area contributed by atoms with Gasteiger partial charge >= 0.3 is 6.03 Å². The fourth-order valence-corrected chi connectivity index (χ4v) is 3.22. The molecule has 1 aromatic carbocycles. The molecular formula is C18H23N5O5S. The maximum atomic E-state index is 11.9. The molecule has 29 heavy (non-hydrogen) atoms. The lowest BCUT2D eigenvalue weighted by Gasteiger charge is -2.14. The molecule has 0 radical (unpaired) electrons. The number of aromatic nitrogens is 3. The van der Waals surface area contributed by atoms with Crippen molar-refractivity contribution in [1.29, 1.82) is 0 Å². The van der Waals surface area contributed by atoms with E-state index in [1.165, 1.54) is 28.4 Å². The van der Waals surface area contributed by atoms with E-state index in [0.29, 0.717) is 40.3 Å². The first-order valence-corrected chi connectivity index (χ1v) is 9.46. The minimum absolute atomic E-state index is 0.00203. The van der Waals surface area contributed by atoms with Crippen LogP contribution >= 0.6 is 11.8 Å². The van der Waals surface area contributed by atoms with Crippen molar-refractivity contribution >= 4 is 23.7 Å². The molecule has 2 aromatic rings. The van der Waals surface area contributed by atoms with Gasteiger partial charge in [-0.1, -0.05) is 17.8 Å². The van der Waals surface area contributed by atoms with Crippen molar-refractivity contribution in [1.82, 2.24) is 25.4 Å². The first-order valence-electron chi connectivity index (χ1n) is 8.47. The summed E-state index contributed by atoms with van der Waals surface area (Å²) in [4.78, 5) is 23.1. The average molecular weight is 421 g/mol. The molecule has 156 valence electrons. The Hall–Kier alpha value is -3.21. The van der Waals surface area contributed by atoms with Gasteiger partial charge in [0.15, 0.2) is 22.5 Å². The van der Waals surface area contributed by atoms with Gasteiger partial charge in [-0.05, 0) is 12.1 Å². The number of ether oxygens (including phenoxy) is 3. The number of hydrogen-bond acceptors (Lipinski definition) is 8. The zero-order chi connectivity index (χ0) is 21.4. The van der Waals surface area contributed by atoms with E-state index in [0.717, 1.165) is 11.8 Å². The van der Waals surface area contributed by atoms with Gasteiger partial charge in [0, 0.05) is 19.2 Å². The predicted octanol–water partition coefficient (Wildman–Crippen LogP) is 1.70. The van der Waals surface area contributed by atoms with Crippen LogP contribution in [-0.4, -0.2) is 60.8 Å². The summed E-state index contributed by atoms with van der Waals surface area (Å²) in [5, 5.41) is 13.4. The molecule has 0 atom stereocenters. The third-order valence-corrected chi connectivity index (χ3v) is 4.73. The van der Waals surface area contributed by atoms with Crippen LogP contribution in [0.15, 0.2) is 29.9 Å². The van der Waals surface area contributed by atoms with Gasteiger partial charge in [-0.2, -0.15) is 0 Å². The molecule has 2 rings (SSSR count). The summed E-state index contributed by atoms with van der Waals surface area (Å²) in [6.07, 6.45) is 1.69. The fourth-order valence-electron chi connectivity index (χ4n) is 2.47. The van der Waals surface area contributed by atoms with Crippen LogP contribution in [0.1, 0.15) is 0 Å². The lowest BCUT2D eigenvalue weighted by atomic mass is 10.1. The Morgan fingerprint density at radius 3 is 2.34 bits per heavy atom. The Morgan fingerprint density at radius 1 is 1.17 bits per heavy atom. The molecule has 0 bridgehead atoms. The molecule has 10 nitrogen and oxygen atoms in total. The standard InChI is InChI=1S/C18H23N5O5S/c1-6-7-23-16(11-8-12(26-3)15(28-5)13(9-11)27-4)21-22-18(23)29-10-14(24)20-17(25)19-2/h6,8-9H,1,7,10H2,2-5H3,(H2,19,20,24,25). The number of benzene rings is 1. The molecular weight excluding hydrogens is 398 g/mol. The van der Waals surface area contributed by atoms with E-state index in [1.54, 1.807) is 22.8 Å². The van der Waals surface area contributed by atoms with Crippen molar-refractivity contribution < 1.29 is 23.8 Å². The summed E-state index contributed by atoms with van der Waals surface area (Å²) in [6, 6.07) is 2.95. The van der Waals surface area contributed by atoms with Crippen molar-refractivity contribution in [3.63, 3.8) is 0 Å². The highest BCUT2D eigenvalue weighted by Gasteiger charge is 2.20. The number of rotatable bonds is 9. The van der Waals surface area contributed by atoms with Crippen LogP contribution in [-0.2, 0) is 11.3 Å². The number of allylic oxidation sites excluding steroid dienone is 1. The molecule has 0 spiro atoms. The van der Waals surface area contributed by atoms with E-state index >= 15 is 0 Å². The number of nitrogens with zero attached hydrogens (tertiary/aromatic N) is 3. The highest BCUT2D eigenvalue weighted by molar-refractivity contribution is 7.99. The summed E-state index contributed by atoms with van der Waals surface area (Å²) in [5.74, 6) is 1.52. The predicted molar refractivity (Wildman–Crippen MR) is 109 cm³/mol. The first-order chi connectivity index (χ1) is 14.0. The lowest BCUT2D eigenvalue weighted by molar-refractivity contribution is -0.117. The Labute approximate surface area is 172 Å². The molecule has 1 heterocycles. The van der Waals surface area contributed by atoms with Gasteiger partial charge in [0.1, 0.15) is 0 Å². The van der Waals surface area contributed by atoms with Crippen molar-refractivity contribution in [2.75, 3.05) is 34.1 Å². The maximum Gasteiger partial charge on any atom is 0.321 e. The van der Waals surface area contributed by atoms with E-state index < -0.39 is 11.9 Å². The number of imide groups is 1. The van der Waals surface area contributed by atoms with Gasteiger partial charge in [-0.3, -0.25) is 14.7 Å². The second kappa shape index (κ2) is 10.4. The third-order valence-electron chi connectivity index (χ3n) is 3.76. The van der Waals surface area contributed by atoms with Crippen LogP contribution in [0.5, 0.6) is 17.2 Å². The van der Waals surface area contributed by atoms with Gasteiger partial charge in [0.05, 0.1) is 27.1 Å². The van der Waals surface area contributed by atoms with Crippen LogP contribution in [0.4, 0.5) is 4.79 Å². The van der Waals surface area contributed by atoms with E-state index in [2.05, 4.69) is 27.4 Å². The topological polar surface area (TPSA) is 117 Å². The molecule has 0 aliphatic rings. The van der Waals surface area contributed by atoms with Crippen LogP contribution < -0.4 is 24.8 Å². The van der Waals surface area contributed by atoms with Gasteiger partial charge in [0.25, 0.3) is 0 Å². The van der Waals surface area contributed by atoms with Crippen LogP contribution in [0.2, 0.25) is 0 Å². The molecule has 0 aliphatic heterocycles. The van der Waals surface area contributed by atoms with Gasteiger partial charge in [-0.25, -0.2) is 4.79 Å². The number of nitrogens with one attached hydrogen (secondary N) is 2. The number of thioether (sulfide) groups is 1. The fraction of sp³-hybridized carbons (Fsp3) is 0.333. The zero-order valence-electron chi connectivity index (χ0n) is 16.6. The van der Waals surface area contributed by atoms with Gasteiger partial charge in [-0.15, -0.1) is 16.8 Å². The van der Waals surface area contributed by atoms with E-state index in [9.17, 15) is 9.59 Å². The first kappa shape index (κ1) is 22.1. The lowest BCUT2D eigenvalue weighted by Crippen LogP contribution is -2.38. The van der Waals surface area contributed by atoms with Crippen molar-refractivity contribution in [3.8, 4) is 28.6 Å². The van der Waals surface area contributed by atoms with Gasteiger partial charge < -0.3 is 19.5 Å². The maximum absolute atomic E-state index is 11.9. The largest absolute Gasteiger partial charge is 0.493 e. The minimum Gasteiger partial charge on any atom is -0.493 e. The number of methoxy groups -OCH3 is 3. The SMILES string of the molecule is C=CCn1c(SCC(=O)NC(=O)NC)nnc1-c1cc(OC)c(OC)c(OC)c1. The minimum atomic E-state index is -0.568. The molecule has 0 fully saturated rings. The van der Waals surface area contributed by atoms with Crippen molar-refractivity contribution in [2.45, 2.75) is 11.7 Å². The molecule has 0 aliphatic carbocycles. The summed E-state index contributed by atoms with van der Waals surface area (Å²) < 4.78 is 17.9. The second-order valence-corrected chi connectivity index (χ2v) is 6.48. The van der Waals surface area contributed by atoms with E-state index in [4.69, 9.17) is 14.2 Å². The molecule has 0 saturated carbocycles. The monoisotopic (exact) mass is 421 g/mol. The number of hydrogen-bond donors (Lipinski definition) is 2. The van der Waals surface area contributed by atoms with E-state index in [-0.39, 0.29) is 5.75 Å². The Kier molecular flexibility index (Phi) is 7.89. The number of urea groups is 1. The smallest absolute Gasteiger partial charge is 0.321 e. The molecule has 3 amide bonds.